The number of amides is 3. The minimum Gasteiger partial charge on any atom is -0.480 e. The van der Waals surface area contributed by atoms with E-state index >= 15 is 0 Å². The average Bonchev–Trinajstić information content (AvgIpc) is 3.75. The number of thiol groups is 1. The van der Waals surface area contributed by atoms with Gasteiger partial charge in [0.1, 0.15) is 42.3 Å². The third-order valence-electron chi connectivity index (χ3n) is 8.55. The van der Waals surface area contributed by atoms with Gasteiger partial charge in [0.25, 0.3) is 0 Å². The van der Waals surface area contributed by atoms with Crippen LogP contribution in [0.1, 0.15) is 39.3 Å². The molecule has 0 aliphatic carbocycles. The number of hydrogen-bond donors (Lipinski definition) is 13. The van der Waals surface area contributed by atoms with E-state index in [1.807, 2.05) is 0 Å². The molecule has 29 nitrogen and oxygen atoms in total. The van der Waals surface area contributed by atoms with Crippen molar-refractivity contribution < 1.29 is 95.2 Å². The van der Waals surface area contributed by atoms with Gasteiger partial charge in [-0.05, 0) is 6.42 Å². The maximum Gasteiger partial charge on any atom is 0.481 e. The first kappa shape index (κ1) is 54.1. The van der Waals surface area contributed by atoms with E-state index < -0.39 is 114 Å². The minimum atomic E-state index is -5.61. The molecule has 63 heavy (non-hydrogen) atoms. The fraction of sp³-hybridized carbons (Fsp3) is 0.655. The molecule has 3 amide bonds. The smallest absolute Gasteiger partial charge is 0.480 e. The molecular formula is C29H48N9O20P3S2. The fourth-order valence-corrected chi connectivity index (χ4v) is 9.06. The summed E-state index contributed by atoms with van der Waals surface area (Å²) in [6.45, 7) is 0.0499. The number of aliphatic carboxylic acids is 1. The quantitative estimate of drug-likeness (QED) is 0.0258. The number of aliphatic hydroxyl groups excluding tert-OH is 2. The maximum atomic E-state index is 12.7. The van der Waals surface area contributed by atoms with E-state index in [9.17, 15) is 67.5 Å². The van der Waals surface area contributed by atoms with Crippen molar-refractivity contribution in [1.82, 2.24) is 35.5 Å². The highest BCUT2D eigenvalue weighted by atomic mass is 32.2. The monoisotopic (exact) mass is 999 g/mol. The molecule has 1 aliphatic heterocycles. The fourth-order valence-electron chi connectivity index (χ4n) is 5.25. The first-order chi connectivity index (χ1) is 29.2. The lowest BCUT2D eigenvalue weighted by atomic mass is 9.87. The molecule has 0 saturated carbocycles. The summed E-state index contributed by atoms with van der Waals surface area (Å²) in [5, 5.41) is 37.0. The number of aliphatic hydroxyl groups is 2. The van der Waals surface area contributed by atoms with E-state index in [4.69, 9.17) is 30.4 Å². The number of carboxylic acids is 1. The lowest BCUT2D eigenvalue weighted by Gasteiger charge is -2.30. The number of anilines is 1. The number of fused-ring (bicyclic) bond motifs is 1. The second-order valence-electron chi connectivity index (χ2n) is 14.0. The average molecular weight is 1000 g/mol. The molecule has 1 saturated heterocycles. The molecule has 356 valence electrons. The molecular weight excluding hydrogens is 951 g/mol. The Morgan fingerprint density at radius 2 is 1.68 bits per heavy atom. The number of imidazole rings is 1. The molecule has 0 aromatic carbocycles. The number of carbonyl (C=O) groups is 5. The summed E-state index contributed by atoms with van der Waals surface area (Å²) in [6, 6.07) is -2.23. The van der Waals surface area contributed by atoms with E-state index in [0.717, 1.165) is 29.0 Å². The zero-order valence-electron chi connectivity index (χ0n) is 33.1. The number of hydrogen-bond acceptors (Lipinski definition) is 22. The number of nitrogen functional groups attached to an aromatic ring is 1. The first-order valence-corrected chi connectivity index (χ1v) is 24.2. The van der Waals surface area contributed by atoms with E-state index in [2.05, 4.69) is 52.4 Å². The molecule has 3 rings (SSSR count). The molecule has 0 bridgehead atoms. The first-order valence-electron chi connectivity index (χ1n) is 18.1. The summed E-state index contributed by atoms with van der Waals surface area (Å²) in [7, 11) is -16.5. The van der Waals surface area contributed by atoms with Crippen LogP contribution in [0.5, 0.6) is 0 Å². The zero-order valence-corrected chi connectivity index (χ0v) is 37.5. The number of nitrogens with one attached hydrogen (secondary N) is 3. The molecule has 1 aliphatic rings. The van der Waals surface area contributed by atoms with Crippen molar-refractivity contribution in [1.29, 1.82) is 0 Å². The highest BCUT2D eigenvalue weighted by molar-refractivity contribution is 8.13. The van der Waals surface area contributed by atoms with Gasteiger partial charge in [-0.25, -0.2) is 33.4 Å². The highest BCUT2D eigenvalue weighted by Crippen LogP contribution is 2.61. The van der Waals surface area contributed by atoms with Gasteiger partial charge in [0.05, 0.1) is 25.6 Å². The van der Waals surface area contributed by atoms with Gasteiger partial charge in [0.2, 0.25) is 22.8 Å². The molecule has 2 aromatic heterocycles. The normalized spacial score (nSPS) is 21.4. The molecule has 14 N–H and O–H groups in total. The highest BCUT2D eigenvalue weighted by Gasteiger charge is 2.50. The topological polar surface area (TPSA) is 456 Å². The number of ether oxygens (including phenoxy) is 1. The van der Waals surface area contributed by atoms with Crippen molar-refractivity contribution in [2.45, 2.75) is 75.8 Å². The van der Waals surface area contributed by atoms with Crippen molar-refractivity contribution in [2.24, 2.45) is 11.1 Å². The van der Waals surface area contributed by atoms with Crippen molar-refractivity contribution in [2.75, 3.05) is 43.5 Å². The van der Waals surface area contributed by atoms with E-state index in [1.165, 1.54) is 13.8 Å². The maximum absolute atomic E-state index is 12.7. The largest absolute Gasteiger partial charge is 0.481 e. The van der Waals surface area contributed by atoms with Crippen LogP contribution in [-0.2, 0) is 60.3 Å². The van der Waals surface area contributed by atoms with Crippen molar-refractivity contribution in [3.63, 3.8) is 0 Å². The standard InChI is InChI=1S/C29H48N9O20P3S2/c1-29(2,22(42)25(43)33-6-5-17(39)32-7-8-63-28(46)14(30)3-4-18(40)37-15(10-62)27(44)45)11-55-61(52,53)58-60(50,51)54-9-16-21(57-59(47,48)49)20(41)26(56-16)38-13-36-19-23(31)34-12-35-24(19)38/h12-16,20-22,26,41-42,62H,3-11,30H2,1-2H3,(H,32,39)(H,33,43)(H,37,40)(H,44,45)(H,50,51)(H,52,53)(H2,31,34,35)(H2,47,48,49). The lowest BCUT2D eigenvalue weighted by molar-refractivity contribution is -0.141. The number of phosphoric acid groups is 3. The number of phosphoric ester groups is 3. The van der Waals surface area contributed by atoms with Crippen LogP contribution in [0.25, 0.3) is 11.2 Å². The van der Waals surface area contributed by atoms with Crippen LogP contribution in [0.2, 0.25) is 0 Å². The Bertz CT molecular complexity index is 2100. The Morgan fingerprint density at radius 3 is 2.32 bits per heavy atom. The summed E-state index contributed by atoms with van der Waals surface area (Å²) in [5.74, 6) is -3.57. The number of carbonyl (C=O) groups excluding carboxylic acids is 4. The Hall–Kier alpha value is -3.19. The van der Waals surface area contributed by atoms with Gasteiger partial charge in [-0.2, -0.15) is 16.9 Å². The number of rotatable bonds is 26. The predicted octanol–water partition coefficient (Wildman–Crippen LogP) is -2.73. The Labute approximate surface area is 366 Å². The van der Waals surface area contributed by atoms with Crippen molar-refractivity contribution in [3.05, 3.63) is 12.7 Å². The molecule has 0 spiro atoms. The molecule has 3 heterocycles. The third kappa shape index (κ3) is 17.0. The van der Waals surface area contributed by atoms with Gasteiger partial charge < -0.3 is 67.0 Å². The van der Waals surface area contributed by atoms with Crippen LogP contribution in [0, 0.1) is 5.41 Å². The Balaban J connectivity index is 1.42. The second-order valence-corrected chi connectivity index (χ2v) is 19.7. The number of thioether (sulfide) groups is 1. The van der Waals surface area contributed by atoms with Gasteiger partial charge in [-0.15, -0.1) is 0 Å². The molecule has 2 aromatic rings. The van der Waals surface area contributed by atoms with E-state index in [0.29, 0.717) is 0 Å². The number of nitrogens with two attached hydrogens (primary N) is 2. The van der Waals surface area contributed by atoms with Crippen molar-refractivity contribution in [3.8, 4) is 0 Å². The SMILES string of the molecule is CC(C)(COP(=O)(O)OP(=O)(O)OCC1OC(n2cnc3c(N)ncnc32)C(O)C1OP(=O)(O)O)C(O)C(=O)NCCC(=O)NCCSC(=O)C(N)CCC(=O)NC(CS)C(=O)O. The summed E-state index contributed by atoms with van der Waals surface area (Å²) >= 11 is 4.63. The summed E-state index contributed by atoms with van der Waals surface area (Å²) in [4.78, 5) is 111. The van der Waals surface area contributed by atoms with E-state index in [-0.39, 0.29) is 60.8 Å². The number of carboxylic acid groups (broad SMARTS) is 1. The molecule has 9 atom stereocenters. The predicted molar refractivity (Wildman–Crippen MR) is 218 cm³/mol. The zero-order chi connectivity index (χ0) is 47.5. The number of aromatic nitrogens is 4. The van der Waals surface area contributed by atoms with Gasteiger partial charge in [0, 0.05) is 42.9 Å². The van der Waals surface area contributed by atoms with Gasteiger partial charge in [-0.3, -0.25) is 37.3 Å². The second kappa shape index (κ2) is 23.3. The van der Waals surface area contributed by atoms with Crippen molar-refractivity contribution >= 4 is 93.6 Å². The van der Waals surface area contributed by atoms with Crippen LogP contribution >= 0.6 is 47.9 Å². The van der Waals surface area contributed by atoms with E-state index in [1.54, 1.807) is 0 Å². The van der Waals surface area contributed by atoms with Crippen LogP contribution < -0.4 is 27.4 Å². The van der Waals surface area contributed by atoms with Gasteiger partial charge >= 0.3 is 29.4 Å². The molecule has 1 fully saturated rings. The van der Waals surface area contributed by atoms with Crippen LogP contribution in [0.4, 0.5) is 5.82 Å². The Morgan fingerprint density at radius 1 is 1.02 bits per heavy atom. The van der Waals surface area contributed by atoms with Crippen LogP contribution in [-0.4, -0.2) is 158 Å². The summed E-state index contributed by atoms with van der Waals surface area (Å²) in [5.41, 5.74) is 9.95. The van der Waals surface area contributed by atoms with Gasteiger partial charge in [0.15, 0.2) is 17.7 Å². The Kier molecular flexibility index (Phi) is 20.0. The van der Waals surface area contributed by atoms with Gasteiger partial charge in [-0.1, -0.05) is 25.6 Å². The lowest BCUT2D eigenvalue weighted by Crippen LogP contribution is -2.46. The molecule has 34 heteroatoms. The minimum absolute atomic E-state index is 0.0113. The molecule has 0 radical (unpaired) electrons. The molecule has 9 unspecified atom stereocenters. The summed E-state index contributed by atoms with van der Waals surface area (Å²) < 4.78 is 62.1. The number of nitrogens with zero attached hydrogens (tertiary/aromatic N) is 4. The van der Waals surface area contributed by atoms with Crippen LogP contribution in [0.15, 0.2) is 12.7 Å². The summed E-state index contributed by atoms with van der Waals surface area (Å²) in [6.07, 6.45) is -7.48. The third-order valence-corrected chi connectivity index (χ3v) is 13.0. The van der Waals surface area contributed by atoms with Crippen LogP contribution in [0.3, 0.4) is 0 Å².